The summed E-state index contributed by atoms with van der Waals surface area (Å²) >= 11 is 0. The first kappa shape index (κ1) is 27.9. The van der Waals surface area contributed by atoms with E-state index in [-0.39, 0.29) is 36.6 Å². The van der Waals surface area contributed by atoms with Crippen molar-refractivity contribution >= 4 is 15.9 Å². The number of carbonyl (C=O) groups is 1. The minimum absolute atomic E-state index is 0.0348. The maximum atomic E-state index is 13.1. The SMILES string of the molecule is COc1cc(C)c(S(=O)(=O)N(C)CCOCC(=O)N(C)[C@H]2CCC[C@@H](N3CC[C@H](C)C3)C2)c(C)c1. The summed E-state index contributed by atoms with van der Waals surface area (Å²) in [4.78, 5) is 17.5. The summed E-state index contributed by atoms with van der Waals surface area (Å²) in [6.07, 6.45) is 5.69. The highest BCUT2D eigenvalue weighted by Crippen LogP contribution is 2.30. The smallest absolute Gasteiger partial charge is 0.248 e. The highest BCUT2D eigenvalue weighted by atomic mass is 32.2. The van der Waals surface area contributed by atoms with Crippen LogP contribution in [0.3, 0.4) is 0 Å². The van der Waals surface area contributed by atoms with E-state index in [9.17, 15) is 13.2 Å². The van der Waals surface area contributed by atoms with Crippen LogP contribution in [0.1, 0.15) is 50.2 Å². The number of likely N-dealkylation sites (tertiary alicyclic amines) is 1. The number of ether oxygens (including phenoxy) is 2. The fourth-order valence-corrected chi connectivity index (χ4v) is 7.05. The Morgan fingerprint density at radius 1 is 1.14 bits per heavy atom. The molecule has 1 saturated carbocycles. The van der Waals surface area contributed by atoms with Gasteiger partial charge in [0.05, 0.1) is 18.6 Å². The summed E-state index contributed by atoms with van der Waals surface area (Å²) in [6.45, 7) is 8.48. The number of benzene rings is 1. The van der Waals surface area contributed by atoms with E-state index in [4.69, 9.17) is 9.47 Å². The summed E-state index contributed by atoms with van der Waals surface area (Å²) in [5, 5.41) is 0. The zero-order valence-electron chi connectivity index (χ0n) is 22.2. The topological polar surface area (TPSA) is 79.4 Å². The number of hydrogen-bond acceptors (Lipinski definition) is 6. The number of rotatable bonds is 10. The van der Waals surface area contributed by atoms with Crippen molar-refractivity contribution in [2.75, 3.05) is 54.1 Å². The van der Waals surface area contributed by atoms with Crippen molar-refractivity contribution in [2.24, 2.45) is 5.92 Å². The van der Waals surface area contributed by atoms with Crippen molar-refractivity contribution < 1.29 is 22.7 Å². The molecule has 0 unspecified atom stereocenters. The fraction of sp³-hybridized carbons (Fsp3) is 0.731. The van der Waals surface area contributed by atoms with Gasteiger partial charge in [0.25, 0.3) is 0 Å². The first-order valence-corrected chi connectivity index (χ1v) is 14.2. The van der Waals surface area contributed by atoms with E-state index in [1.165, 1.54) is 37.3 Å². The van der Waals surface area contributed by atoms with E-state index >= 15 is 0 Å². The average Bonchev–Trinajstić information content (AvgIpc) is 3.26. The molecule has 1 aliphatic carbocycles. The standard InChI is InChI=1S/C26H43N3O5S/c1-19-10-11-29(17-19)23-9-7-8-22(16-23)28(5)25(30)18-34-13-12-27(4)35(31,32)26-20(2)14-24(33-6)15-21(26)3/h14-15,19,22-23H,7-13,16-18H2,1-6H3/t19-,22-,23+/m0/s1. The lowest BCUT2D eigenvalue weighted by molar-refractivity contribution is -0.137. The number of aryl methyl sites for hydroxylation is 2. The molecule has 198 valence electrons. The molecule has 2 fully saturated rings. The van der Waals surface area contributed by atoms with Crippen LogP contribution in [0.5, 0.6) is 5.75 Å². The van der Waals surface area contributed by atoms with Gasteiger partial charge in [-0.15, -0.1) is 0 Å². The van der Waals surface area contributed by atoms with Gasteiger partial charge in [0.15, 0.2) is 0 Å². The van der Waals surface area contributed by atoms with Gasteiger partial charge in [-0.1, -0.05) is 6.92 Å². The molecule has 0 N–H and O–H groups in total. The minimum atomic E-state index is -3.68. The molecule has 1 aromatic rings. The first-order chi connectivity index (χ1) is 16.5. The molecular weight excluding hydrogens is 466 g/mol. The van der Waals surface area contributed by atoms with Crippen LogP contribution in [-0.4, -0.2) is 94.6 Å². The van der Waals surface area contributed by atoms with Gasteiger partial charge in [-0.25, -0.2) is 8.42 Å². The van der Waals surface area contributed by atoms with Crippen molar-refractivity contribution in [1.82, 2.24) is 14.1 Å². The summed E-state index contributed by atoms with van der Waals surface area (Å²) in [6, 6.07) is 4.25. The Hall–Kier alpha value is -1.68. The number of methoxy groups -OCH3 is 1. The molecule has 1 amide bonds. The van der Waals surface area contributed by atoms with E-state index in [1.54, 1.807) is 33.1 Å². The summed E-state index contributed by atoms with van der Waals surface area (Å²) in [5.74, 6) is 1.35. The second-order valence-electron chi connectivity index (χ2n) is 10.3. The molecular formula is C26H43N3O5S. The second kappa shape index (κ2) is 12.0. The van der Waals surface area contributed by atoms with Crippen molar-refractivity contribution in [3.05, 3.63) is 23.3 Å². The van der Waals surface area contributed by atoms with Gasteiger partial charge in [0.1, 0.15) is 12.4 Å². The fourth-order valence-electron chi connectivity index (χ4n) is 5.49. The molecule has 1 heterocycles. The Kier molecular flexibility index (Phi) is 9.60. The van der Waals surface area contributed by atoms with Gasteiger partial charge in [0, 0.05) is 39.3 Å². The Bertz CT molecular complexity index is 960. The van der Waals surface area contributed by atoms with Crippen LogP contribution in [-0.2, 0) is 19.6 Å². The maximum Gasteiger partial charge on any atom is 0.248 e. The third-order valence-electron chi connectivity index (χ3n) is 7.65. The molecule has 35 heavy (non-hydrogen) atoms. The van der Waals surface area contributed by atoms with E-state index in [2.05, 4.69) is 11.8 Å². The summed E-state index contributed by atoms with van der Waals surface area (Å²) < 4.78 is 38.4. The Labute approximate surface area is 211 Å². The van der Waals surface area contributed by atoms with Gasteiger partial charge >= 0.3 is 0 Å². The molecule has 0 radical (unpaired) electrons. The zero-order chi connectivity index (χ0) is 25.8. The largest absolute Gasteiger partial charge is 0.497 e. The van der Waals surface area contributed by atoms with Crippen LogP contribution in [0, 0.1) is 19.8 Å². The number of sulfonamides is 1. The Morgan fingerprint density at radius 2 is 1.83 bits per heavy atom. The van der Waals surface area contributed by atoms with E-state index < -0.39 is 10.0 Å². The van der Waals surface area contributed by atoms with Crippen molar-refractivity contribution in [1.29, 1.82) is 0 Å². The van der Waals surface area contributed by atoms with Crippen molar-refractivity contribution in [2.45, 2.75) is 69.9 Å². The lowest BCUT2D eigenvalue weighted by Gasteiger charge is -2.39. The molecule has 9 heteroatoms. The maximum absolute atomic E-state index is 13.1. The Morgan fingerprint density at radius 3 is 2.43 bits per heavy atom. The first-order valence-electron chi connectivity index (χ1n) is 12.7. The van der Waals surface area contributed by atoms with E-state index in [0.29, 0.717) is 22.9 Å². The highest BCUT2D eigenvalue weighted by molar-refractivity contribution is 7.89. The minimum Gasteiger partial charge on any atom is -0.497 e. The predicted octanol–water partition coefficient (Wildman–Crippen LogP) is 3.06. The van der Waals surface area contributed by atoms with E-state index in [1.807, 2.05) is 11.9 Å². The van der Waals surface area contributed by atoms with Crippen LogP contribution < -0.4 is 4.74 Å². The van der Waals surface area contributed by atoms with Crippen LogP contribution in [0.2, 0.25) is 0 Å². The molecule has 3 atom stereocenters. The quantitative estimate of drug-likeness (QED) is 0.451. The van der Waals surface area contributed by atoms with Crippen LogP contribution in [0.25, 0.3) is 0 Å². The molecule has 0 bridgehead atoms. The second-order valence-corrected chi connectivity index (χ2v) is 12.3. The summed E-state index contributed by atoms with van der Waals surface area (Å²) in [7, 11) is 1.29. The number of carbonyl (C=O) groups excluding carboxylic acids is 1. The molecule has 1 aliphatic heterocycles. The lowest BCUT2D eigenvalue weighted by Crippen LogP contribution is -2.47. The molecule has 1 saturated heterocycles. The van der Waals surface area contributed by atoms with E-state index in [0.717, 1.165) is 25.2 Å². The van der Waals surface area contributed by atoms with Gasteiger partial charge in [-0.2, -0.15) is 4.31 Å². The molecule has 0 spiro atoms. The van der Waals surface area contributed by atoms with Gasteiger partial charge in [0.2, 0.25) is 15.9 Å². The predicted molar refractivity (Wildman–Crippen MR) is 137 cm³/mol. The highest BCUT2D eigenvalue weighted by Gasteiger charge is 2.33. The number of likely N-dealkylation sites (N-methyl/N-ethyl adjacent to an activating group) is 2. The van der Waals surface area contributed by atoms with Gasteiger partial charge in [-0.3, -0.25) is 4.79 Å². The Balaban J connectivity index is 1.47. The van der Waals surface area contributed by atoms with Crippen LogP contribution in [0.15, 0.2) is 17.0 Å². The lowest BCUT2D eigenvalue weighted by atomic mass is 9.89. The average molecular weight is 510 g/mol. The van der Waals surface area contributed by atoms with Gasteiger partial charge < -0.3 is 19.3 Å². The summed E-state index contributed by atoms with van der Waals surface area (Å²) in [5.41, 5.74) is 1.28. The third-order valence-corrected chi connectivity index (χ3v) is 9.81. The zero-order valence-corrected chi connectivity index (χ0v) is 23.1. The van der Waals surface area contributed by atoms with Crippen LogP contribution >= 0.6 is 0 Å². The number of hydrogen-bond donors (Lipinski definition) is 0. The normalized spacial score (nSPS) is 23.6. The van der Waals surface area contributed by atoms with Crippen molar-refractivity contribution in [3.63, 3.8) is 0 Å². The van der Waals surface area contributed by atoms with Crippen molar-refractivity contribution in [3.8, 4) is 5.75 Å². The molecule has 0 aromatic heterocycles. The molecule has 3 rings (SSSR count). The van der Waals surface area contributed by atoms with Gasteiger partial charge in [-0.05, 0) is 81.7 Å². The number of amides is 1. The monoisotopic (exact) mass is 509 g/mol. The number of nitrogens with zero attached hydrogens (tertiary/aromatic N) is 3. The molecule has 8 nitrogen and oxygen atoms in total. The molecule has 1 aromatic carbocycles. The van der Waals surface area contributed by atoms with Crippen LogP contribution in [0.4, 0.5) is 0 Å². The molecule has 2 aliphatic rings. The third kappa shape index (κ3) is 6.76.